The summed E-state index contributed by atoms with van der Waals surface area (Å²) in [7, 11) is 1.86. The van der Waals surface area contributed by atoms with Gasteiger partial charge in [-0.2, -0.15) is 0 Å². The molecule has 0 radical (unpaired) electrons. The standard InChI is InChI=1S/C22H26ClN7O2/c1-13-17(11-25-3)20(16-5-4-15(23)10-18(16)24)30-12-19(27-22(30)26-13)21(32)29-8-6-28(7-9-29)14(2)31/h4-5,10,12,25H,6-9,11,24H2,1-3H3. The molecule has 1 fully saturated rings. The Kier molecular flexibility index (Phi) is 6.03. The van der Waals surface area contributed by atoms with Crippen LogP contribution >= 0.6 is 11.6 Å². The molecule has 1 aromatic carbocycles. The Balaban J connectivity index is 1.78. The maximum atomic E-state index is 13.2. The van der Waals surface area contributed by atoms with Crippen LogP contribution in [0.4, 0.5) is 5.69 Å². The number of carbonyl (C=O) groups excluding carboxylic acids is 2. The minimum absolute atomic E-state index is 0.0202. The molecular formula is C22H26ClN7O2. The first kappa shape index (κ1) is 22.0. The number of nitrogens with two attached hydrogens (primary N) is 1. The average molecular weight is 456 g/mol. The highest BCUT2D eigenvalue weighted by Gasteiger charge is 2.26. The van der Waals surface area contributed by atoms with Gasteiger partial charge >= 0.3 is 0 Å². The Bertz CT molecular complexity index is 1200. The van der Waals surface area contributed by atoms with E-state index in [0.717, 1.165) is 22.5 Å². The Morgan fingerprint density at radius 2 is 1.84 bits per heavy atom. The van der Waals surface area contributed by atoms with Crippen molar-refractivity contribution in [1.82, 2.24) is 29.5 Å². The van der Waals surface area contributed by atoms with Crippen LogP contribution in [0.3, 0.4) is 0 Å². The number of benzene rings is 1. The minimum atomic E-state index is -0.179. The molecular weight excluding hydrogens is 430 g/mol. The van der Waals surface area contributed by atoms with Gasteiger partial charge in [0.2, 0.25) is 11.7 Å². The summed E-state index contributed by atoms with van der Waals surface area (Å²) in [5.74, 6) is 0.269. The molecule has 0 spiro atoms. The predicted octanol–water partition coefficient (Wildman–Crippen LogP) is 1.96. The van der Waals surface area contributed by atoms with Crippen molar-refractivity contribution in [3.05, 3.63) is 46.4 Å². The van der Waals surface area contributed by atoms with Crippen molar-refractivity contribution in [2.45, 2.75) is 20.4 Å². The summed E-state index contributed by atoms with van der Waals surface area (Å²) >= 11 is 6.12. The van der Waals surface area contributed by atoms with E-state index < -0.39 is 0 Å². The van der Waals surface area contributed by atoms with Crippen LogP contribution in [0.1, 0.15) is 28.7 Å². The number of nitrogen functional groups attached to an aromatic ring is 1. The zero-order valence-electron chi connectivity index (χ0n) is 18.4. The van der Waals surface area contributed by atoms with Gasteiger partial charge < -0.3 is 20.9 Å². The van der Waals surface area contributed by atoms with Crippen LogP contribution in [0.25, 0.3) is 17.0 Å². The number of aromatic nitrogens is 3. The number of aryl methyl sites for hydroxylation is 1. The number of hydrogen-bond donors (Lipinski definition) is 2. The van der Waals surface area contributed by atoms with Gasteiger partial charge in [-0.1, -0.05) is 11.6 Å². The largest absolute Gasteiger partial charge is 0.398 e. The van der Waals surface area contributed by atoms with Crippen LogP contribution in [-0.2, 0) is 11.3 Å². The molecule has 1 aliphatic heterocycles. The second-order valence-corrected chi connectivity index (χ2v) is 8.32. The van der Waals surface area contributed by atoms with Gasteiger partial charge in [0, 0.05) is 73.4 Å². The van der Waals surface area contributed by atoms with Gasteiger partial charge in [-0.3, -0.25) is 14.0 Å². The lowest BCUT2D eigenvalue weighted by Gasteiger charge is -2.33. The summed E-state index contributed by atoms with van der Waals surface area (Å²) in [5, 5.41) is 3.73. The van der Waals surface area contributed by atoms with Crippen LogP contribution < -0.4 is 11.1 Å². The molecule has 0 saturated carbocycles. The molecule has 0 atom stereocenters. The molecule has 9 nitrogen and oxygen atoms in total. The topological polar surface area (TPSA) is 109 Å². The number of nitrogens with one attached hydrogen (secondary N) is 1. The number of carbonyl (C=O) groups is 2. The third kappa shape index (κ3) is 4.01. The molecule has 1 saturated heterocycles. The fourth-order valence-electron chi connectivity index (χ4n) is 4.07. The summed E-state index contributed by atoms with van der Waals surface area (Å²) in [6.07, 6.45) is 1.71. The number of fused-ring (bicyclic) bond motifs is 1. The monoisotopic (exact) mass is 455 g/mol. The number of piperazine rings is 1. The maximum Gasteiger partial charge on any atom is 0.274 e. The molecule has 10 heteroatoms. The molecule has 3 N–H and O–H groups in total. The van der Waals surface area contributed by atoms with Crippen molar-refractivity contribution in [3.8, 4) is 11.3 Å². The maximum absolute atomic E-state index is 13.2. The van der Waals surface area contributed by atoms with Crippen LogP contribution in [0.5, 0.6) is 0 Å². The van der Waals surface area contributed by atoms with E-state index >= 15 is 0 Å². The van der Waals surface area contributed by atoms with Gasteiger partial charge in [-0.05, 0) is 32.2 Å². The van der Waals surface area contributed by atoms with E-state index in [9.17, 15) is 9.59 Å². The number of rotatable bonds is 4. The van der Waals surface area contributed by atoms with Gasteiger partial charge in [-0.25, -0.2) is 9.97 Å². The summed E-state index contributed by atoms with van der Waals surface area (Å²) in [5.41, 5.74) is 10.5. The highest BCUT2D eigenvalue weighted by Crippen LogP contribution is 2.33. The summed E-state index contributed by atoms with van der Waals surface area (Å²) in [4.78, 5) is 37.4. The minimum Gasteiger partial charge on any atom is -0.398 e. The summed E-state index contributed by atoms with van der Waals surface area (Å²) in [6, 6.07) is 5.36. The van der Waals surface area contributed by atoms with Gasteiger partial charge in [0.15, 0.2) is 0 Å². The van der Waals surface area contributed by atoms with Crippen molar-refractivity contribution in [3.63, 3.8) is 0 Å². The smallest absolute Gasteiger partial charge is 0.274 e. The van der Waals surface area contributed by atoms with Crippen molar-refractivity contribution >= 4 is 34.9 Å². The van der Waals surface area contributed by atoms with Crippen LogP contribution in [0, 0.1) is 6.92 Å². The lowest BCUT2D eigenvalue weighted by atomic mass is 10.0. The van der Waals surface area contributed by atoms with Crippen molar-refractivity contribution in [2.75, 3.05) is 39.0 Å². The SMILES string of the molecule is CNCc1c(C)nc2nc(C(=O)N3CCN(C(C)=O)CC3)cn2c1-c1ccc(Cl)cc1N. The fraction of sp³-hybridized carbons (Fsp3) is 0.364. The fourth-order valence-corrected chi connectivity index (χ4v) is 4.25. The summed E-state index contributed by atoms with van der Waals surface area (Å²) < 4.78 is 1.82. The van der Waals surface area contributed by atoms with E-state index in [2.05, 4.69) is 15.3 Å². The molecule has 1 aliphatic rings. The number of imidazole rings is 1. The Labute approximate surface area is 191 Å². The van der Waals surface area contributed by atoms with Crippen molar-refractivity contribution in [2.24, 2.45) is 0 Å². The highest BCUT2D eigenvalue weighted by molar-refractivity contribution is 6.31. The molecule has 2 amide bonds. The first-order valence-corrected chi connectivity index (χ1v) is 10.8. The van der Waals surface area contributed by atoms with Crippen LogP contribution in [0.2, 0.25) is 5.02 Å². The third-order valence-corrected chi connectivity index (χ3v) is 6.01. The molecule has 0 bridgehead atoms. The van der Waals surface area contributed by atoms with Gasteiger partial charge in [0.1, 0.15) is 5.69 Å². The first-order valence-electron chi connectivity index (χ1n) is 10.4. The first-order chi connectivity index (χ1) is 15.3. The van der Waals surface area contributed by atoms with Crippen molar-refractivity contribution < 1.29 is 9.59 Å². The Hall–Kier alpha value is -3.17. The highest BCUT2D eigenvalue weighted by atomic mass is 35.5. The molecule has 4 rings (SSSR count). The van der Waals surface area contributed by atoms with Gasteiger partial charge in [0.05, 0.1) is 5.69 Å². The molecule has 0 unspecified atom stereocenters. The number of anilines is 1. The zero-order chi connectivity index (χ0) is 23.0. The number of halogens is 1. The Morgan fingerprint density at radius 1 is 1.16 bits per heavy atom. The van der Waals surface area contributed by atoms with E-state index in [1.165, 1.54) is 0 Å². The Morgan fingerprint density at radius 3 is 2.47 bits per heavy atom. The lowest BCUT2D eigenvalue weighted by Crippen LogP contribution is -2.50. The van der Waals surface area contributed by atoms with E-state index in [-0.39, 0.29) is 11.8 Å². The van der Waals surface area contributed by atoms with Crippen LogP contribution in [-0.4, -0.2) is 69.2 Å². The molecule has 3 heterocycles. The normalized spacial score (nSPS) is 14.2. The van der Waals surface area contributed by atoms with Gasteiger partial charge in [0.25, 0.3) is 5.91 Å². The zero-order valence-corrected chi connectivity index (χ0v) is 19.1. The second kappa shape index (κ2) is 8.76. The molecule has 3 aromatic rings. The molecule has 0 aliphatic carbocycles. The lowest BCUT2D eigenvalue weighted by molar-refractivity contribution is -0.130. The number of amides is 2. The predicted molar refractivity (Wildman–Crippen MR) is 124 cm³/mol. The van der Waals surface area contributed by atoms with E-state index in [1.54, 1.807) is 35.1 Å². The van der Waals surface area contributed by atoms with E-state index in [4.69, 9.17) is 17.3 Å². The average Bonchev–Trinajstić information content (AvgIpc) is 3.18. The van der Waals surface area contributed by atoms with E-state index in [1.807, 2.05) is 24.4 Å². The molecule has 168 valence electrons. The molecule has 2 aromatic heterocycles. The van der Waals surface area contributed by atoms with Crippen molar-refractivity contribution in [1.29, 1.82) is 0 Å². The third-order valence-electron chi connectivity index (χ3n) is 5.77. The quantitative estimate of drug-likeness (QED) is 0.582. The number of nitrogens with zero attached hydrogens (tertiary/aromatic N) is 5. The van der Waals surface area contributed by atoms with E-state index in [0.29, 0.717) is 54.9 Å². The van der Waals surface area contributed by atoms with Gasteiger partial charge in [-0.15, -0.1) is 0 Å². The number of hydrogen-bond acceptors (Lipinski definition) is 6. The van der Waals surface area contributed by atoms with Crippen LogP contribution in [0.15, 0.2) is 24.4 Å². The summed E-state index contributed by atoms with van der Waals surface area (Å²) in [6.45, 7) is 6.01. The molecule has 32 heavy (non-hydrogen) atoms. The second-order valence-electron chi connectivity index (χ2n) is 7.88.